The number of ether oxygens (including phenoxy) is 1. The Hall–Kier alpha value is -3.35. The van der Waals surface area contributed by atoms with Gasteiger partial charge in [-0.3, -0.25) is 14.6 Å². The molecular formula is C27H32N4O2. The quantitative estimate of drug-likeness (QED) is 0.497. The predicted molar refractivity (Wildman–Crippen MR) is 133 cm³/mol. The number of likely N-dealkylation sites (tertiary alicyclic amines) is 1. The van der Waals surface area contributed by atoms with Gasteiger partial charge < -0.3 is 15.8 Å². The van der Waals surface area contributed by atoms with E-state index < -0.39 is 0 Å². The van der Waals surface area contributed by atoms with Crippen LogP contribution in [0.2, 0.25) is 0 Å². The number of rotatable bonds is 8. The van der Waals surface area contributed by atoms with Crippen molar-refractivity contribution in [2.45, 2.75) is 25.4 Å². The number of nitrogens with one attached hydrogen (secondary N) is 1. The number of nitrogens with two attached hydrogens (primary N) is 1. The third-order valence-corrected chi connectivity index (χ3v) is 6.05. The van der Waals surface area contributed by atoms with Crippen LogP contribution >= 0.6 is 0 Å². The number of carbonyl (C=O) groups is 1. The summed E-state index contributed by atoms with van der Waals surface area (Å²) in [5.74, 6) is 1.54. The average Bonchev–Trinajstić information content (AvgIpc) is 2.81. The number of anilines is 2. The SMILES string of the molecule is CN(Cc1cccc(N)c1)C1CCN(CC(=O)Nc2ccc(Oc3ccccc3)cc2)CC1. The topological polar surface area (TPSA) is 70.8 Å². The molecule has 0 aliphatic carbocycles. The van der Waals surface area contributed by atoms with Gasteiger partial charge in [-0.05, 0) is 74.0 Å². The number of hydrogen-bond donors (Lipinski definition) is 2. The van der Waals surface area contributed by atoms with Gasteiger partial charge in [0.2, 0.25) is 5.91 Å². The zero-order valence-corrected chi connectivity index (χ0v) is 19.1. The van der Waals surface area contributed by atoms with Crippen molar-refractivity contribution in [1.29, 1.82) is 0 Å². The van der Waals surface area contributed by atoms with Gasteiger partial charge in [-0.15, -0.1) is 0 Å². The maximum atomic E-state index is 12.5. The summed E-state index contributed by atoms with van der Waals surface area (Å²) in [5, 5.41) is 2.99. The van der Waals surface area contributed by atoms with Crippen molar-refractivity contribution in [3.8, 4) is 11.5 Å². The summed E-state index contributed by atoms with van der Waals surface area (Å²) in [6, 6.07) is 25.7. The molecule has 3 aromatic rings. The van der Waals surface area contributed by atoms with Crippen molar-refractivity contribution < 1.29 is 9.53 Å². The van der Waals surface area contributed by atoms with Gasteiger partial charge in [0.05, 0.1) is 6.54 Å². The van der Waals surface area contributed by atoms with Crippen molar-refractivity contribution >= 4 is 17.3 Å². The molecule has 0 spiro atoms. The lowest BCUT2D eigenvalue weighted by Gasteiger charge is -2.36. The highest BCUT2D eigenvalue weighted by molar-refractivity contribution is 5.92. The third kappa shape index (κ3) is 6.81. The van der Waals surface area contributed by atoms with Crippen LogP contribution < -0.4 is 15.8 Å². The standard InChI is InChI=1S/C27H32N4O2/c1-30(19-21-6-5-7-22(28)18-21)24-14-16-31(17-15-24)20-27(32)29-23-10-12-26(13-11-23)33-25-8-3-2-4-9-25/h2-13,18,24H,14-17,19-20,28H2,1H3,(H,29,32). The molecule has 1 heterocycles. The smallest absolute Gasteiger partial charge is 0.238 e. The fraction of sp³-hybridized carbons (Fsp3) is 0.296. The maximum Gasteiger partial charge on any atom is 0.238 e. The van der Waals surface area contributed by atoms with Crippen molar-refractivity contribution in [3.05, 3.63) is 84.4 Å². The van der Waals surface area contributed by atoms with Gasteiger partial charge in [0.1, 0.15) is 11.5 Å². The highest BCUT2D eigenvalue weighted by Gasteiger charge is 2.23. The Bertz CT molecular complexity index is 1030. The first kappa shape index (κ1) is 22.8. The highest BCUT2D eigenvalue weighted by atomic mass is 16.5. The number of piperidine rings is 1. The first-order valence-corrected chi connectivity index (χ1v) is 11.4. The Morgan fingerprint density at radius 3 is 2.39 bits per heavy atom. The summed E-state index contributed by atoms with van der Waals surface area (Å²) in [7, 11) is 2.17. The van der Waals surface area contributed by atoms with Gasteiger partial charge in [0, 0.05) is 37.1 Å². The van der Waals surface area contributed by atoms with E-state index in [1.54, 1.807) is 0 Å². The van der Waals surface area contributed by atoms with Gasteiger partial charge in [-0.2, -0.15) is 0 Å². The third-order valence-electron chi connectivity index (χ3n) is 6.05. The number of amides is 1. The monoisotopic (exact) mass is 444 g/mol. The van der Waals surface area contributed by atoms with Crippen molar-refractivity contribution in [2.75, 3.05) is 37.7 Å². The Kier molecular flexibility index (Phi) is 7.60. The second-order valence-corrected chi connectivity index (χ2v) is 8.66. The van der Waals surface area contributed by atoms with Gasteiger partial charge >= 0.3 is 0 Å². The zero-order chi connectivity index (χ0) is 23.0. The fourth-order valence-electron chi connectivity index (χ4n) is 4.26. The molecule has 1 aliphatic rings. The van der Waals surface area contributed by atoms with E-state index >= 15 is 0 Å². The molecule has 1 amide bonds. The molecule has 0 bridgehead atoms. The summed E-state index contributed by atoms with van der Waals surface area (Å²) in [5.41, 5.74) is 8.72. The first-order chi connectivity index (χ1) is 16.0. The lowest BCUT2D eigenvalue weighted by atomic mass is 10.0. The van der Waals surface area contributed by atoms with E-state index in [1.807, 2.05) is 72.8 Å². The molecule has 6 heteroatoms. The lowest BCUT2D eigenvalue weighted by Crippen LogP contribution is -2.45. The maximum absolute atomic E-state index is 12.5. The van der Waals surface area contributed by atoms with Crippen LogP contribution in [-0.4, -0.2) is 48.4 Å². The number of hydrogen-bond acceptors (Lipinski definition) is 5. The molecule has 0 radical (unpaired) electrons. The van der Waals surface area contributed by atoms with Gasteiger partial charge in [0.25, 0.3) is 0 Å². The van der Waals surface area contributed by atoms with Crippen LogP contribution in [0.3, 0.4) is 0 Å². The van der Waals surface area contributed by atoms with Crippen LogP contribution in [0.5, 0.6) is 11.5 Å². The van der Waals surface area contributed by atoms with Crippen LogP contribution in [0.15, 0.2) is 78.9 Å². The van der Waals surface area contributed by atoms with Crippen LogP contribution in [0.4, 0.5) is 11.4 Å². The summed E-state index contributed by atoms with van der Waals surface area (Å²) in [4.78, 5) is 17.2. The molecule has 172 valence electrons. The molecule has 6 nitrogen and oxygen atoms in total. The van der Waals surface area contributed by atoms with Crippen molar-refractivity contribution in [2.24, 2.45) is 0 Å². The second-order valence-electron chi connectivity index (χ2n) is 8.66. The number of nitrogen functional groups attached to an aromatic ring is 1. The molecule has 1 fully saturated rings. The minimum absolute atomic E-state index is 0.0123. The molecule has 3 N–H and O–H groups in total. The van der Waals surface area contributed by atoms with E-state index in [-0.39, 0.29) is 5.91 Å². The van der Waals surface area contributed by atoms with E-state index in [0.29, 0.717) is 12.6 Å². The van der Waals surface area contributed by atoms with E-state index in [9.17, 15) is 4.79 Å². The molecule has 33 heavy (non-hydrogen) atoms. The molecule has 4 rings (SSSR count). The molecule has 1 aliphatic heterocycles. The minimum Gasteiger partial charge on any atom is -0.457 e. The van der Waals surface area contributed by atoms with Crippen molar-refractivity contribution in [3.63, 3.8) is 0 Å². The van der Waals surface area contributed by atoms with E-state index in [2.05, 4.69) is 28.2 Å². The number of carbonyl (C=O) groups excluding carboxylic acids is 1. The molecular weight excluding hydrogens is 412 g/mol. The van der Waals surface area contributed by atoms with E-state index in [1.165, 1.54) is 5.56 Å². The molecule has 0 unspecified atom stereocenters. The predicted octanol–water partition coefficient (Wildman–Crippen LogP) is 4.60. The van der Waals surface area contributed by atoms with Crippen LogP contribution in [-0.2, 0) is 11.3 Å². The molecule has 0 atom stereocenters. The normalized spacial score (nSPS) is 14.8. The number of para-hydroxylation sites is 1. The zero-order valence-electron chi connectivity index (χ0n) is 19.1. The van der Waals surface area contributed by atoms with Crippen LogP contribution in [0.1, 0.15) is 18.4 Å². The van der Waals surface area contributed by atoms with E-state index in [4.69, 9.17) is 10.5 Å². The van der Waals surface area contributed by atoms with Crippen LogP contribution in [0.25, 0.3) is 0 Å². The molecule has 1 saturated heterocycles. The van der Waals surface area contributed by atoms with Gasteiger partial charge in [0.15, 0.2) is 0 Å². The Balaban J connectivity index is 1.20. The molecule has 0 saturated carbocycles. The Morgan fingerprint density at radius 1 is 1.00 bits per heavy atom. The highest BCUT2D eigenvalue weighted by Crippen LogP contribution is 2.23. The summed E-state index contributed by atoms with van der Waals surface area (Å²) >= 11 is 0. The van der Waals surface area contributed by atoms with Crippen LogP contribution in [0, 0.1) is 0 Å². The minimum atomic E-state index is 0.0123. The van der Waals surface area contributed by atoms with E-state index in [0.717, 1.165) is 55.3 Å². The molecule has 3 aromatic carbocycles. The van der Waals surface area contributed by atoms with Gasteiger partial charge in [-0.1, -0.05) is 30.3 Å². The van der Waals surface area contributed by atoms with Crippen molar-refractivity contribution in [1.82, 2.24) is 9.80 Å². The largest absolute Gasteiger partial charge is 0.457 e. The summed E-state index contributed by atoms with van der Waals surface area (Å²) in [6.45, 7) is 3.14. The van der Waals surface area contributed by atoms with Gasteiger partial charge in [-0.25, -0.2) is 0 Å². The fourth-order valence-corrected chi connectivity index (χ4v) is 4.26. The molecule has 0 aromatic heterocycles. The lowest BCUT2D eigenvalue weighted by molar-refractivity contribution is -0.117. The number of nitrogens with zero attached hydrogens (tertiary/aromatic N) is 2. The Labute approximate surface area is 196 Å². The second kappa shape index (κ2) is 11.0. The first-order valence-electron chi connectivity index (χ1n) is 11.4. The average molecular weight is 445 g/mol. The number of benzene rings is 3. The Morgan fingerprint density at radius 2 is 1.70 bits per heavy atom. The summed E-state index contributed by atoms with van der Waals surface area (Å²) < 4.78 is 5.80. The summed E-state index contributed by atoms with van der Waals surface area (Å²) in [6.07, 6.45) is 2.11.